The molecule has 0 fully saturated rings. The van der Waals surface area contributed by atoms with E-state index < -0.39 is 0 Å². The van der Waals surface area contributed by atoms with Gasteiger partial charge in [0.25, 0.3) is 0 Å². The molecule has 1 aliphatic heterocycles. The SMILES string of the molecule is CCCNC(c1ccn(C)n1)c1cccc2c1OCCO2. The van der Waals surface area contributed by atoms with E-state index in [9.17, 15) is 0 Å². The summed E-state index contributed by atoms with van der Waals surface area (Å²) in [4.78, 5) is 0. The minimum Gasteiger partial charge on any atom is -0.486 e. The van der Waals surface area contributed by atoms with Crippen LogP contribution in [-0.2, 0) is 7.05 Å². The highest BCUT2D eigenvalue weighted by Gasteiger charge is 2.24. The fraction of sp³-hybridized carbons (Fsp3) is 0.438. The number of benzene rings is 1. The molecule has 5 heteroatoms. The summed E-state index contributed by atoms with van der Waals surface area (Å²) < 4.78 is 13.3. The van der Waals surface area contributed by atoms with Crippen molar-refractivity contribution in [1.29, 1.82) is 0 Å². The fourth-order valence-corrected chi connectivity index (χ4v) is 2.57. The third kappa shape index (κ3) is 2.88. The van der Waals surface area contributed by atoms with Gasteiger partial charge < -0.3 is 14.8 Å². The Morgan fingerprint density at radius 2 is 2.14 bits per heavy atom. The second kappa shape index (κ2) is 6.18. The Morgan fingerprint density at radius 1 is 1.29 bits per heavy atom. The van der Waals surface area contributed by atoms with Gasteiger partial charge in [0, 0.05) is 18.8 Å². The molecular weight excluding hydrogens is 266 g/mol. The van der Waals surface area contributed by atoms with Crippen LogP contribution < -0.4 is 14.8 Å². The number of ether oxygens (including phenoxy) is 2. The molecule has 0 spiro atoms. The third-order valence-corrected chi connectivity index (χ3v) is 3.54. The van der Waals surface area contributed by atoms with Gasteiger partial charge in [-0.05, 0) is 25.1 Å². The number of rotatable bonds is 5. The van der Waals surface area contributed by atoms with Crippen molar-refractivity contribution >= 4 is 0 Å². The van der Waals surface area contributed by atoms with Crippen LogP contribution in [0.2, 0.25) is 0 Å². The topological polar surface area (TPSA) is 48.3 Å². The molecule has 1 aromatic heterocycles. The molecular formula is C16H21N3O2. The highest BCUT2D eigenvalue weighted by atomic mass is 16.6. The monoisotopic (exact) mass is 287 g/mol. The van der Waals surface area contributed by atoms with Crippen molar-refractivity contribution in [2.45, 2.75) is 19.4 Å². The van der Waals surface area contributed by atoms with Crippen molar-refractivity contribution in [3.05, 3.63) is 41.7 Å². The third-order valence-electron chi connectivity index (χ3n) is 3.54. The highest BCUT2D eigenvalue weighted by Crippen LogP contribution is 2.38. The molecule has 2 aromatic rings. The molecule has 5 nitrogen and oxygen atoms in total. The van der Waals surface area contributed by atoms with Crippen LogP contribution in [0.5, 0.6) is 11.5 Å². The quantitative estimate of drug-likeness (QED) is 0.916. The Hall–Kier alpha value is -2.01. The van der Waals surface area contributed by atoms with Gasteiger partial charge in [-0.25, -0.2) is 0 Å². The molecule has 112 valence electrons. The van der Waals surface area contributed by atoms with Crippen LogP contribution in [0.25, 0.3) is 0 Å². The molecule has 1 aromatic carbocycles. The van der Waals surface area contributed by atoms with Crippen molar-refractivity contribution < 1.29 is 9.47 Å². The van der Waals surface area contributed by atoms with E-state index in [0.29, 0.717) is 13.2 Å². The van der Waals surface area contributed by atoms with E-state index in [1.165, 1.54) is 0 Å². The Morgan fingerprint density at radius 3 is 2.90 bits per heavy atom. The normalized spacial score (nSPS) is 15.0. The summed E-state index contributed by atoms with van der Waals surface area (Å²) in [6.45, 7) is 4.27. The predicted molar refractivity (Wildman–Crippen MR) is 80.8 cm³/mol. The maximum absolute atomic E-state index is 5.84. The lowest BCUT2D eigenvalue weighted by Gasteiger charge is -2.25. The van der Waals surface area contributed by atoms with Gasteiger partial charge in [0.05, 0.1) is 11.7 Å². The maximum Gasteiger partial charge on any atom is 0.166 e. The molecule has 2 heterocycles. The summed E-state index contributed by atoms with van der Waals surface area (Å²) in [5.41, 5.74) is 2.08. The summed E-state index contributed by atoms with van der Waals surface area (Å²) in [5, 5.41) is 8.10. The number of nitrogens with zero attached hydrogens (tertiary/aromatic N) is 2. The number of hydrogen-bond donors (Lipinski definition) is 1. The van der Waals surface area contributed by atoms with Crippen LogP contribution in [0.15, 0.2) is 30.5 Å². The molecule has 0 radical (unpaired) electrons. The second-order valence-corrected chi connectivity index (χ2v) is 5.17. The van der Waals surface area contributed by atoms with Crippen molar-refractivity contribution in [2.24, 2.45) is 7.05 Å². The number of fused-ring (bicyclic) bond motifs is 1. The van der Waals surface area contributed by atoms with E-state index in [2.05, 4.69) is 23.4 Å². The lowest BCUT2D eigenvalue weighted by molar-refractivity contribution is 0.169. The van der Waals surface area contributed by atoms with Crippen molar-refractivity contribution in [3.63, 3.8) is 0 Å². The predicted octanol–water partition coefficient (Wildman–Crippen LogP) is 2.28. The lowest BCUT2D eigenvalue weighted by Crippen LogP contribution is -2.26. The Labute approximate surface area is 124 Å². The molecule has 1 unspecified atom stereocenters. The first-order valence-corrected chi connectivity index (χ1v) is 7.41. The minimum atomic E-state index is 0.0165. The molecule has 3 rings (SSSR count). The molecule has 0 aliphatic carbocycles. The van der Waals surface area contributed by atoms with Crippen LogP contribution in [-0.4, -0.2) is 29.5 Å². The van der Waals surface area contributed by atoms with Gasteiger partial charge in [0.15, 0.2) is 11.5 Å². The standard InChI is InChI=1S/C16H21N3O2/c1-3-8-17-15(13-7-9-19(2)18-13)12-5-4-6-14-16(12)21-11-10-20-14/h4-7,9,15,17H,3,8,10-11H2,1-2H3. The zero-order chi connectivity index (χ0) is 14.7. The molecule has 1 aliphatic rings. The molecule has 1 atom stereocenters. The van der Waals surface area contributed by atoms with Crippen LogP contribution in [0.3, 0.4) is 0 Å². The first-order chi connectivity index (χ1) is 10.3. The number of aryl methyl sites for hydroxylation is 1. The van der Waals surface area contributed by atoms with Gasteiger partial charge >= 0.3 is 0 Å². The van der Waals surface area contributed by atoms with E-state index >= 15 is 0 Å². The molecule has 0 bridgehead atoms. The van der Waals surface area contributed by atoms with E-state index in [-0.39, 0.29) is 6.04 Å². The molecule has 0 amide bonds. The van der Waals surface area contributed by atoms with E-state index in [1.54, 1.807) is 0 Å². The largest absolute Gasteiger partial charge is 0.486 e. The summed E-state index contributed by atoms with van der Waals surface area (Å²) >= 11 is 0. The first kappa shape index (κ1) is 13.9. The number of para-hydroxylation sites is 1. The Kier molecular flexibility index (Phi) is 4.10. The highest BCUT2D eigenvalue weighted by molar-refractivity contribution is 5.50. The fourth-order valence-electron chi connectivity index (χ4n) is 2.57. The van der Waals surface area contributed by atoms with Crippen molar-refractivity contribution in [3.8, 4) is 11.5 Å². The zero-order valence-electron chi connectivity index (χ0n) is 12.5. The zero-order valence-corrected chi connectivity index (χ0v) is 12.5. The molecule has 0 saturated heterocycles. The number of hydrogen-bond acceptors (Lipinski definition) is 4. The van der Waals surface area contributed by atoms with Crippen LogP contribution in [0, 0.1) is 0 Å². The van der Waals surface area contributed by atoms with Crippen LogP contribution in [0.1, 0.15) is 30.6 Å². The van der Waals surface area contributed by atoms with Gasteiger partial charge in [-0.1, -0.05) is 19.1 Å². The molecule has 1 N–H and O–H groups in total. The van der Waals surface area contributed by atoms with Crippen molar-refractivity contribution in [1.82, 2.24) is 15.1 Å². The van der Waals surface area contributed by atoms with E-state index in [0.717, 1.165) is 35.7 Å². The summed E-state index contributed by atoms with van der Waals surface area (Å²) in [7, 11) is 1.93. The number of nitrogens with one attached hydrogen (secondary N) is 1. The number of aromatic nitrogens is 2. The summed E-state index contributed by atoms with van der Waals surface area (Å²) in [5.74, 6) is 1.65. The average molecular weight is 287 g/mol. The van der Waals surface area contributed by atoms with Crippen molar-refractivity contribution in [2.75, 3.05) is 19.8 Å². The van der Waals surface area contributed by atoms with Gasteiger partial charge in [-0.15, -0.1) is 0 Å². The van der Waals surface area contributed by atoms with Crippen LogP contribution >= 0.6 is 0 Å². The summed E-state index contributed by atoms with van der Waals surface area (Å²) in [6.07, 6.45) is 3.03. The Balaban J connectivity index is 2.00. The average Bonchev–Trinajstić information content (AvgIpc) is 2.94. The van der Waals surface area contributed by atoms with E-state index in [4.69, 9.17) is 9.47 Å². The lowest BCUT2D eigenvalue weighted by atomic mass is 10.0. The second-order valence-electron chi connectivity index (χ2n) is 5.17. The van der Waals surface area contributed by atoms with Gasteiger partial charge in [0.2, 0.25) is 0 Å². The van der Waals surface area contributed by atoms with Crippen LogP contribution in [0.4, 0.5) is 0 Å². The smallest absolute Gasteiger partial charge is 0.166 e. The molecule has 21 heavy (non-hydrogen) atoms. The minimum absolute atomic E-state index is 0.0165. The first-order valence-electron chi connectivity index (χ1n) is 7.41. The van der Waals surface area contributed by atoms with Gasteiger partial charge in [-0.3, -0.25) is 4.68 Å². The molecule has 0 saturated carbocycles. The van der Waals surface area contributed by atoms with Gasteiger partial charge in [0.1, 0.15) is 13.2 Å². The Bertz CT molecular complexity index is 609. The van der Waals surface area contributed by atoms with E-state index in [1.807, 2.05) is 36.1 Å². The summed E-state index contributed by atoms with van der Waals surface area (Å²) in [6, 6.07) is 8.09. The van der Waals surface area contributed by atoms with Gasteiger partial charge in [-0.2, -0.15) is 5.10 Å². The maximum atomic E-state index is 5.84.